The Labute approximate surface area is 118 Å². The van der Waals surface area contributed by atoms with E-state index < -0.39 is 0 Å². The van der Waals surface area contributed by atoms with Crippen molar-refractivity contribution >= 4 is 5.91 Å². The van der Waals surface area contributed by atoms with Crippen LogP contribution in [0.5, 0.6) is 0 Å². The summed E-state index contributed by atoms with van der Waals surface area (Å²) in [7, 11) is 1.68. The molecule has 0 saturated carbocycles. The number of hydrogen-bond acceptors (Lipinski definition) is 3. The van der Waals surface area contributed by atoms with E-state index in [4.69, 9.17) is 10.5 Å². The highest BCUT2D eigenvalue weighted by Gasteiger charge is 2.30. The molecule has 110 valence electrons. The number of halogens is 1. The quantitative estimate of drug-likeness (QED) is 0.905. The van der Waals surface area contributed by atoms with E-state index in [9.17, 15) is 9.18 Å². The number of piperidine rings is 1. The fraction of sp³-hybridized carbons (Fsp3) is 0.533. The zero-order valence-corrected chi connectivity index (χ0v) is 11.7. The lowest BCUT2D eigenvalue weighted by molar-refractivity contribution is -0.136. The van der Waals surface area contributed by atoms with Gasteiger partial charge < -0.3 is 15.4 Å². The zero-order valence-electron chi connectivity index (χ0n) is 11.7. The molecule has 0 bridgehead atoms. The molecule has 1 aromatic carbocycles. The maximum atomic E-state index is 13.6. The molecule has 0 aromatic heterocycles. The highest BCUT2D eigenvalue weighted by Crippen LogP contribution is 2.20. The SMILES string of the molecule is COC1CCN(C(=O)Cc2ccccc2F)C(CN)C1. The van der Waals surface area contributed by atoms with Gasteiger partial charge in [0.2, 0.25) is 5.91 Å². The molecule has 5 heteroatoms. The predicted molar refractivity (Wildman–Crippen MR) is 74.7 cm³/mol. The topological polar surface area (TPSA) is 55.6 Å². The van der Waals surface area contributed by atoms with E-state index >= 15 is 0 Å². The molecule has 2 rings (SSSR count). The van der Waals surface area contributed by atoms with E-state index in [1.807, 2.05) is 0 Å². The Bertz CT molecular complexity index is 467. The van der Waals surface area contributed by atoms with E-state index in [1.165, 1.54) is 6.07 Å². The highest BCUT2D eigenvalue weighted by molar-refractivity contribution is 5.79. The normalized spacial score (nSPS) is 22.9. The summed E-state index contributed by atoms with van der Waals surface area (Å²) >= 11 is 0. The number of nitrogens with two attached hydrogens (primary N) is 1. The number of nitrogens with zero attached hydrogens (tertiary/aromatic N) is 1. The maximum absolute atomic E-state index is 13.6. The summed E-state index contributed by atoms with van der Waals surface area (Å²) < 4.78 is 18.9. The summed E-state index contributed by atoms with van der Waals surface area (Å²) in [6.07, 6.45) is 1.79. The number of carbonyl (C=O) groups excluding carboxylic acids is 1. The minimum absolute atomic E-state index is 0.0204. The van der Waals surface area contributed by atoms with Crippen molar-refractivity contribution < 1.29 is 13.9 Å². The molecule has 4 nitrogen and oxygen atoms in total. The van der Waals surface area contributed by atoms with Gasteiger partial charge in [0.15, 0.2) is 0 Å². The summed E-state index contributed by atoms with van der Waals surface area (Å²) in [6.45, 7) is 1.02. The third-order valence-electron chi connectivity index (χ3n) is 3.89. The van der Waals surface area contributed by atoms with Crippen molar-refractivity contribution in [1.29, 1.82) is 0 Å². The Morgan fingerprint density at radius 2 is 2.25 bits per heavy atom. The van der Waals surface area contributed by atoms with Gasteiger partial charge in [0.25, 0.3) is 0 Å². The van der Waals surface area contributed by atoms with Crippen molar-refractivity contribution in [2.24, 2.45) is 5.73 Å². The first kappa shape index (κ1) is 14.9. The first-order valence-electron chi connectivity index (χ1n) is 6.91. The van der Waals surface area contributed by atoms with Crippen LogP contribution in [0.2, 0.25) is 0 Å². The number of carbonyl (C=O) groups is 1. The standard InChI is InChI=1S/C15H21FN2O2/c1-20-13-6-7-18(12(9-13)10-17)15(19)8-11-4-2-3-5-14(11)16/h2-5,12-13H,6-10,17H2,1H3. The van der Waals surface area contributed by atoms with Crippen molar-refractivity contribution in [2.75, 3.05) is 20.2 Å². The van der Waals surface area contributed by atoms with Gasteiger partial charge in [-0.15, -0.1) is 0 Å². The molecule has 1 aliphatic heterocycles. The van der Waals surface area contributed by atoms with Crippen LogP contribution in [-0.2, 0) is 16.0 Å². The van der Waals surface area contributed by atoms with Crippen molar-refractivity contribution in [3.8, 4) is 0 Å². The van der Waals surface area contributed by atoms with Gasteiger partial charge in [-0.25, -0.2) is 4.39 Å². The number of methoxy groups -OCH3 is 1. The van der Waals surface area contributed by atoms with Gasteiger partial charge in [-0.3, -0.25) is 4.79 Å². The Kier molecular flexibility index (Phi) is 5.09. The average Bonchev–Trinajstić information content (AvgIpc) is 2.48. The van der Waals surface area contributed by atoms with Gasteiger partial charge in [-0.1, -0.05) is 18.2 Å². The molecule has 2 N–H and O–H groups in total. The van der Waals surface area contributed by atoms with Gasteiger partial charge in [0, 0.05) is 26.2 Å². The van der Waals surface area contributed by atoms with Crippen molar-refractivity contribution in [3.63, 3.8) is 0 Å². The summed E-state index contributed by atoms with van der Waals surface area (Å²) in [6, 6.07) is 6.36. The predicted octanol–water partition coefficient (Wildman–Crippen LogP) is 1.33. The van der Waals surface area contributed by atoms with E-state index in [1.54, 1.807) is 30.2 Å². The van der Waals surface area contributed by atoms with Crippen LogP contribution >= 0.6 is 0 Å². The third-order valence-corrected chi connectivity index (χ3v) is 3.89. The van der Waals surface area contributed by atoms with Gasteiger partial charge in [-0.2, -0.15) is 0 Å². The second-order valence-corrected chi connectivity index (χ2v) is 5.13. The Morgan fingerprint density at radius 3 is 2.90 bits per heavy atom. The summed E-state index contributed by atoms with van der Waals surface area (Å²) in [5.74, 6) is -0.406. The van der Waals surface area contributed by atoms with Gasteiger partial charge >= 0.3 is 0 Å². The van der Waals surface area contributed by atoms with Crippen LogP contribution in [0, 0.1) is 5.82 Å². The molecule has 2 atom stereocenters. The monoisotopic (exact) mass is 280 g/mol. The van der Waals surface area contributed by atoms with Crippen molar-refractivity contribution in [2.45, 2.75) is 31.4 Å². The first-order valence-corrected chi connectivity index (χ1v) is 6.91. The van der Waals surface area contributed by atoms with Crippen LogP contribution in [0.3, 0.4) is 0 Å². The number of amides is 1. The summed E-state index contributed by atoms with van der Waals surface area (Å²) in [4.78, 5) is 14.1. The molecule has 1 heterocycles. The molecule has 1 aliphatic rings. The molecule has 20 heavy (non-hydrogen) atoms. The van der Waals surface area contributed by atoms with Gasteiger partial charge in [0.05, 0.1) is 12.5 Å². The highest BCUT2D eigenvalue weighted by atomic mass is 19.1. The van der Waals surface area contributed by atoms with Crippen LogP contribution < -0.4 is 5.73 Å². The van der Waals surface area contributed by atoms with Crippen LogP contribution in [0.15, 0.2) is 24.3 Å². The largest absolute Gasteiger partial charge is 0.381 e. The lowest BCUT2D eigenvalue weighted by Crippen LogP contribution is -2.51. The number of likely N-dealkylation sites (tertiary alicyclic amines) is 1. The van der Waals surface area contributed by atoms with Crippen LogP contribution in [0.25, 0.3) is 0 Å². The fourth-order valence-electron chi connectivity index (χ4n) is 2.69. The number of rotatable bonds is 4. The van der Waals surface area contributed by atoms with E-state index in [2.05, 4.69) is 0 Å². The molecule has 1 aromatic rings. The number of hydrogen-bond donors (Lipinski definition) is 1. The minimum atomic E-state index is -0.336. The zero-order chi connectivity index (χ0) is 14.5. The molecule has 2 unspecified atom stereocenters. The van der Waals surface area contributed by atoms with E-state index in [0.717, 1.165) is 12.8 Å². The summed E-state index contributed by atoms with van der Waals surface area (Å²) in [5.41, 5.74) is 6.18. The van der Waals surface area contributed by atoms with Crippen LogP contribution in [-0.4, -0.2) is 43.2 Å². The molecule has 1 saturated heterocycles. The molecule has 0 spiro atoms. The molecular formula is C15H21FN2O2. The lowest BCUT2D eigenvalue weighted by atomic mass is 9.98. The number of benzene rings is 1. The van der Waals surface area contributed by atoms with Crippen molar-refractivity contribution in [1.82, 2.24) is 4.90 Å². The molecule has 1 fully saturated rings. The van der Waals surface area contributed by atoms with Gasteiger partial charge in [0.1, 0.15) is 5.82 Å². The van der Waals surface area contributed by atoms with E-state index in [-0.39, 0.29) is 30.3 Å². The third kappa shape index (κ3) is 3.35. The maximum Gasteiger partial charge on any atom is 0.227 e. The molecule has 1 amide bonds. The second kappa shape index (κ2) is 6.81. The van der Waals surface area contributed by atoms with Crippen molar-refractivity contribution in [3.05, 3.63) is 35.6 Å². The average molecular weight is 280 g/mol. The second-order valence-electron chi connectivity index (χ2n) is 5.13. The smallest absolute Gasteiger partial charge is 0.227 e. The van der Waals surface area contributed by atoms with Gasteiger partial charge in [-0.05, 0) is 24.5 Å². The Balaban J connectivity index is 2.03. The Hall–Kier alpha value is -1.46. The first-order chi connectivity index (χ1) is 9.65. The molecule has 0 aliphatic carbocycles. The van der Waals surface area contributed by atoms with Crippen LogP contribution in [0.4, 0.5) is 4.39 Å². The lowest BCUT2D eigenvalue weighted by Gasteiger charge is -2.38. The molecule has 0 radical (unpaired) electrons. The Morgan fingerprint density at radius 1 is 1.50 bits per heavy atom. The number of ether oxygens (including phenoxy) is 1. The van der Waals surface area contributed by atoms with E-state index in [0.29, 0.717) is 18.7 Å². The van der Waals surface area contributed by atoms with Crippen LogP contribution in [0.1, 0.15) is 18.4 Å². The fourth-order valence-corrected chi connectivity index (χ4v) is 2.69. The minimum Gasteiger partial charge on any atom is -0.381 e. The summed E-state index contributed by atoms with van der Waals surface area (Å²) in [5, 5.41) is 0. The molecular weight excluding hydrogens is 259 g/mol.